The van der Waals surface area contributed by atoms with Crippen LogP contribution < -0.4 is 4.74 Å². The van der Waals surface area contributed by atoms with E-state index in [9.17, 15) is 4.39 Å². The molecule has 4 aromatic rings. The summed E-state index contributed by atoms with van der Waals surface area (Å²) < 4.78 is 19.4. The summed E-state index contributed by atoms with van der Waals surface area (Å²) in [5.41, 5.74) is 4.71. The van der Waals surface area contributed by atoms with Crippen LogP contribution in [0.3, 0.4) is 0 Å². The summed E-state index contributed by atoms with van der Waals surface area (Å²) in [4.78, 5) is 11.7. The van der Waals surface area contributed by atoms with Crippen molar-refractivity contribution in [1.29, 1.82) is 0 Å². The first-order valence-electron chi connectivity index (χ1n) is 9.72. The molecule has 0 saturated heterocycles. The van der Waals surface area contributed by atoms with Gasteiger partial charge in [0, 0.05) is 40.8 Å². The highest BCUT2D eigenvalue weighted by Crippen LogP contribution is 2.40. The Morgan fingerprint density at radius 3 is 2.93 bits per heavy atom. The Morgan fingerprint density at radius 2 is 2.14 bits per heavy atom. The van der Waals surface area contributed by atoms with E-state index < -0.39 is 0 Å². The first-order valence-corrected chi connectivity index (χ1v) is 10.5. The van der Waals surface area contributed by atoms with Crippen LogP contribution in [-0.2, 0) is 13.0 Å². The minimum absolute atomic E-state index is 0.00283. The lowest BCUT2D eigenvalue weighted by Gasteiger charge is -2.36. The molecule has 2 aromatic heterocycles. The number of H-pyrrole nitrogens is 1. The molecule has 29 heavy (non-hydrogen) atoms. The van der Waals surface area contributed by atoms with Gasteiger partial charge >= 0.3 is 0 Å². The molecular weight excluding hydrogens is 385 g/mol. The predicted octanol–water partition coefficient (Wildman–Crippen LogP) is 5.23. The quantitative estimate of drug-likeness (QED) is 0.504. The van der Waals surface area contributed by atoms with Gasteiger partial charge in [-0.3, -0.25) is 4.90 Å². The van der Waals surface area contributed by atoms with E-state index in [0.717, 1.165) is 35.6 Å². The molecule has 5 rings (SSSR count). The lowest BCUT2D eigenvalue weighted by Crippen LogP contribution is -2.35. The molecule has 0 spiro atoms. The van der Waals surface area contributed by atoms with Crippen molar-refractivity contribution in [3.8, 4) is 5.75 Å². The highest BCUT2D eigenvalue weighted by molar-refractivity contribution is 7.11. The number of hydrogen-bond donors (Lipinski definition) is 1. The standard InChI is InChI=1S/C23H22FN3OS/c1-14-25-12-16(29-14)13-27-10-9-18-17-5-3-4-6-20(17)26-22(18)23(27)15-7-8-19(24)21(11-15)28-2/h3-8,11-12,23,26H,9-10,13H2,1-2H3. The van der Waals surface area contributed by atoms with Gasteiger partial charge in [-0.1, -0.05) is 24.3 Å². The van der Waals surface area contributed by atoms with Crippen LogP contribution in [0.1, 0.15) is 32.7 Å². The number of methoxy groups -OCH3 is 1. The van der Waals surface area contributed by atoms with E-state index >= 15 is 0 Å². The van der Waals surface area contributed by atoms with E-state index in [1.807, 2.05) is 25.3 Å². The Morgan fingerprint density at radius 1 is 1.28 bits per heavy atom. The van der Waals surface area contributed by atoms with Crippen LogP contribution in [0.15, 0.2) is 48.7 Å². The summed E-state index contributed by atoms with van der Waals surface area (Å²) in [5, 5.41) is 2.35. The van der Waals surface area contributed by atoms with E-state index in [1.54, 1.807) is 11.3 Å². The fourth-order valence-electron chi connectivity index (χ4n) is 4.36. The second-order valence-electron chi connectivity index (χ2n) is 7.43. The number of aryl methyl sites for hydroxylation is 1. The Bertz CT molecular complexity index is 1180. The largest absolute Gasteiger partial charge is 0.494 e. The summed E-state index contributed by atoms with van der Waals surface area (Å²) >= 11 is 1.73. The number of rotatable bonds is 4. The number of aromatic amines is 1. The fourth-order valence-corrected chi connectivity index (χ4v) is 5.18. The SMILES string of the molecule is COc1cc(C2c3[nH]c4ccccc4c3CCN2Cc2cnc(C)s2)ccc1F. The lowest BCUT2D eigenvalue weighted by molar-refractivity contribution is 0.203. The van der Waals surface area contributed by atoms with Gasteiger partial charge in [0.2, 0.25) is 0 Å². The molecule has 148 valence electrons. The molecule has 0 saturated carbocycles. The molecule has 0 aliphatic carbocycles. The molecule has 1 N–H and O–H groups in total. The molecular formula is C23H22FN3OS. The van der Waals surface area contributed by atoms with Crippen LogP contribution in [0.2, 0.25) is 0 Å². The summed E-state index contributed by atoms with van der Waals surface area (Å²) in [6, 6.07) is 13.6. The zero-order valence-electron chi connectivity index (χ0n) is 16.4. The third-order valence-electron chi connectivity index (χ3n) is 5.65. The summed E-state index contributed by atoms with van der Waals surface area (Å²) in [7, 11) is 1.51. The third-order valence-corrected chi connectivity index (χ3v) is 6.55. The smallest absolute Gasteiger partial charge is 0.165 e. The number of nitrogens with one attached hydrogen (secondary N) is 1. The lowest BCUT2D eigenvalue weighted by atomic mass is 9.92. The fraction of sp³-hybridized carbons (Fsp3) is 0.261. The zero-order valence-corrected chi connectivity index (χ0v) is 17.2. The number of para-hydroxylation sites is 1. The van der Waals surface area contributed by atoms with Crippen molar-refractivity contribution in [1.82, 2.24) is 14.9 Å². The zero-order chi connectivity index (χ0) is 20.0. The minimum Gasteiger partial charge on any atom is -0.494 e. The number of thiazole rings is 1. The number of hydrogen-bond acceptors (Lipinski definition) is 4. The molecule has 1 aliphatic heterocycles. The van der Waals surface area contributed by atoms with Gasteiger partial charge in [-0.05, 0) is 42.7 Å². The van der Waals surface area contributed by atoms with Crippen molar-refractivity contribution in [2.45, 2.75) is 25.9 Å². The van der Waals surface area contributed by atoms with Crippen LogP contribution in [0.4, 0.5) is 4.39 Å². The first kappa shape index (κ1) is 18.3. The maximum atomic E-state index is 14.1. The molecule has 0 fully saturated rings. The van der Waals surface area contributed by atoms with Crippen molar-refractivity contribution in [3.05, 3.63) is 81.2 Å². The van der Waals surface area contributed by atoms with Gasteiger partial charge in [-0.15, -0.1) is 11.3 Å². The van der Waals surface area contributed by atoms with Crippen molar-refractivity contribution in [2.24, 2.45) is 0 Å². The topological polar surface area (TPSA) is 41.1 Å². The van der Waals surface area contributed by atoms with Crippen LogP contribution >= 0.6 is 11.3 Å². The molecule has 1 atom stereocenters. The van der Waals surface area contributed by atoms with Crippen LogP contribution in [0, 0.1) is 12.7 Å². The third kappa shape index (κ3) is 3.22. The number of ether oxygens (including phenoxy) is 1. The Kier molecular flexibility index (Phi) is 4.60. The van der Waals surface area contributed by atoms with Gasteiger partial charge in [-0.25, -0.2) is 9.37 Å². The molecule has 0 amide bonds. The van der Waals surface area contributed by atoms with Crippen molar-refractivity contribution in [2.75, 3.05) is 13.7 Å². The normalized spacial score (nSPS) is 16.9. The molecule has 4 nitrogen and oxygen atoms in total. The van der Waals surface area contributed by atoms with Crippen molar-refractivity contribution >= 4 is 22.2 Å². The number of benzene rings is 2. The predicted molar refractivity (Wildman–Crippen MR) is 114 cm³/mol. The number of fused-ring (bicyclic) bond motifs is 3. The molecule has 3 heterocycles. The Balaban J connectivity index is 1.64. The van der Waals surface area contributed by atoms with E-state index in [2.05, 4.69) is 39.1 Å². The van der Waals surface area contributed by atoms with Crippen LogP contribution in [0.5, 0.6) is 5.75 Å². The second kappa shape index (κ2) is 7.28. The summed E-state index contributed by atoms with van der Waals surface area (Å²) in [6.07, 6.45) is 2.94. The average Bonchev–Trinajstić information content (AvgIpc) is 3.31. The van der Waals surface area contributed by atoms with Crippen molar-refractivity contribution < 1.29 is 9.13 Å². The minimum atomic E-state index is -0.339. The second-order valence-corrected chi connectivity index (χ2v) is 8.74. The Labute approximate surface area is 173 Å². The number of halogens is 1. The van der Waals surface area contributed by atoms with Gasteiger partial charge in [0.15, 0.2) is 11.6 Å². The molecule has 6 heteroatoms. The molecule has 2 aromatic carbocycles. The average molecular weight is 408 g/mol. The maximum Gasteiger partial charge on any atom is 0.165 e. The Hall–Kier alpha value is -2.70. The molecule has 1 unspecified atom stereocenters. The summed E-state index contributed by atoms with van der Waals surface area (Å²) in [5.74, 6) is -0.0621. The maximum absolute atomic E-state index is 14.1. The van der Waals surface area contributed by atoms with E-state index in [1.165, 1.54) is 34.7 Å². The van der Waals surface area contributed by atoms with Gasteiger partial charge in [-0.2, -0.15) is 0 Å². The highest BCUT2D eigenvalue weighted by Gasteiger charge is 2.32. The van der Waals surface area contributed by atoms with Crippen LogP contribution in [-0.4, -0.2) is 28.5 Å². The molecule has 0 radical (unpaired) electrons. The molecule has 1 aliphatic rings. The van der Waals surface area contributed by atoms with E-state index in [-0.39, 0.29) is 17.6 Å². The monoisotopic (exact) mass is 407 g/mol. The number of nitrogens with zero attached hydrogens (tertiary/aromatic N) is 2. The van der Waals surface area contributed by atoms with Gasteiger partial charge in [0.05, 0.1) is 18.2 Å². The highest BCUT2D eigenvalue weighted by atomic mass is 32.1. The van der Waals surface area contributed by atoms with Crippen LogP contribution in [0.25, 0.3) is 10.9 Å². The van der Waals surface area contributed by atoms with Crippen molar-refractivity contribution in [3.63, 3.8) is 0 Å². The summed E-state index contributed by atoms with van der Waals surface area (Å²) in [6.45, 7) is 3.77. The van der Waals surface area contributed by atoms with Gasteiger partial charge in [0.25, 0.3) is 0 Å². The molecule has 0 bridgehead atoms. The van der Waals surface area contributed by atoms with E-state index in [4.69, 9.17) is 4.74 Å². The van der Waals surface area contributed by atoms with E-state index in [0.29, 0.717) is 0 Å². The number of aromatic nitrogens is 2. The van der Waals surface area contributed by atoms with Gasteiger partial charge < -0.3 is 9.72 Å². The van der Waals surface area contributed by atoms with Gasteiger partial charge in [0.1, 0.15) is 0 Å². The first-order chi connectivity index (χ1) is 14.1.